The number of carbonyl (C=O) groups is 2. The van der Waals surface area contributed by atoms with Gasteiger partial charge in [0, 0.05) is 41.4 Å². The summed E-state index contributed by atoms with van der Waals surface area (Å²) < 4.78 is 10.6. The van der Waals surface area contributed by atoms with Crippen LogP contribution in [0.25, 0.3) is 0 Å². The van der Waals surface area contributed by atoms with Gasteiger partial charge >= 0.3 is 5.97 Å². The van der Waals surface area contributed by atoms with Crippen molar-refractivity contribution in [3.8, 4) is 5.75 Å². The second-order valence-electron chi connectivity index (χ2n) is 7.84. The van der Waals surface area contributed by atoms with E-state index in [1.807, 2.05) is 55.7 Å². The Morgan fingerprint density at radius 1 is 1.10 bits per heavy atom. The second kappa shape index (κ2) is 8.76. The number of methoxy groups -OCH3 is 1. The number of dihydropyridines is 1. The van der Waals surface area contributed by atoms with E-state index in [0.29, 0.717) is 24.0 Å². The van der Waals surface area contributed by atoms with Crippen LogP contribution in [0.15, 0.2) is 71.3 Å². The molecule has 1 aromatic heterocycles. The average molecular weight is 420 g/mol. The topological polar surface area (TPSA) is 78.8 Å². The third-order valence-corrected chi connectivity index (χ3v) is 5.99. The minimum absolute atomic E-state index is 0.0571. The molecule has 0 saturated heterocycles. The van der Waals surface area contributed by atoms with Crippen molar-refractivity contribution in [2.24, 2.45) is 0 Å². The zero-order valence-electron chi connectivity index (χ0n) is 18.0. The van der Waals surface area contributed by atoms with Crippen molar-refractivity contribution in [3.63, 3.8) is 0 Å². The average Bonchev–Trinajstić information content (AvgIpc) is 2.78. The quantitative estimate of drug-likeness (QED) is 0.751. The smallest absolute Gasteiger partial charge is 0.336 e. The monoisotopic (exact) mass is 419 g/mol. The number of aromatic nitrogens is 1. The molecule has 0 fully saturated rings. The summed E-state index contributed by atoms with van der Waals surface area (Å²) in [4.78, 5) is 29.3. The maximum Gasteiger partial charge on any atom is 0.336 e. The fourth-order valence-corrected chi connectivity index (χ4v) is 4.56. The lowest BCUT2D eigenvalue weighted by Crippen LogP contribution is -2.36. The zero-order valence-corrected chi connectivity index (χ0v) is 18.0. The van der Waals surface area contributed by atoms with Gasteiger partial charge < -0.3 is 14.8 Å². The molecule has 2 N–H and O–H groups in total. The molecule has 1 aliphatic carbocycles. The number of H-pyrrole nitrogens is 1. The molecule has 0 bridgehead atoms. The van der Waals surface area contributed by atoms with E-state index < -0.39 is 5.92 Å². The van der Waals surface area contributed by atoms with Gasteiger partial charge in [0.2, 0.25) is 0 Å². The molecule has 0 spiro atoms. The third kappa shape index (κ3) is 3.98. The van der Waals surface area contributed by atoms with Gasteiger partial charge in [-0.2, -0.15) is 0 Å². The summed E-state index contributed by atoms with van der Waals surface area (Å²) in [6.45, 7) is 3.94. The van der Waals surface area contributed by atoms with E-state index in [1.54, 1.807) is 14.0 Å². The molecule has 0 amide bonds. The predicted molar refractivity (Wildman–Crippen MR) is 115 cm³/mol. The number of Topliss-reactive ketones (excluding diaryl/α,β-unsaturated/α-hetero) is 1. The Hall–Kier alpha value is -3.41. The Morgan fingerprint density at radius 2 is 1.81 bits per heavy atom. The number of hydrogen-bond donors (Lipinski definition) is 1. The van der Waals surface area contributed by atoms with Crippen molar-refractivity contribution >= 4 is 11.8 Å². The first kappa shape index (κ1) is 20.8. The van der Waals surface area contributed by atoms with Crippen LogP contribution in [-0.2, 0) is 14.3 Å². The molecule has 31 heavy (non-hydrogen) atoms. The minimum Gasteiger partial charge on any atom is -0.497 e. The summed E-state index contributed by atoms with van der Waals surface area (Å²) in [5.41, 5.74) is 4.80. The fourth-order valence-electron chi connectivity index (χ4n) is 4.56. The lowest BCUT2D eigenvalue weighted by atomic mass is 9.72. The van der Waals surface area contributed by atoms with E-state index in [4.69, 9.17) is 9.47 Å². The number of ketones is 1. The van der Waals surface area contributed by atoms with Crippen LogP contribution in [0.2, 0.25) is 0 Å². The minimum atomic E-state index is -0.436. The van der Waals surface area contributed by atoms with E-state index >= 15 is 0 Å². The molecule has 2 aromatic rings. The maximum absolute atomic E-state index is 13.4. The van der Waals surface area contributed by atoms with Gasteiger partial charge in [-0.25, -0.2) is 9.78 Å². The molecule has 2 atom stereocenters. The van der Waals surface area contributed by atoms with Gasteiger partial charge in [-0.3, -0.25) is 4.79 Å². The molecular formula is C25H27N2O4+. The highest BCUT2D eigenvalue weighted by Gasteiger charge is 2.41. The van der Waals surface area contributed by atoms with Gasteiger partial charge in [-0.05, 0) is 49.4 Å². The molecule has 0 radical (unpaired) electrons. The number of esters is 1. The molecule has 2 unspecified atom stereocenters. The third-order valence-electron chi connectivity index (χ3n) is 5.99. The highest BCUT2D eigenvalue weighted by atomic mass is 16.5. The lowest BCUT2D eigenvalue weighted by Gasteiger charge is -2.36. The van der Waals surface area contributed by atoms with Crippen LogP contribution >= 0.6 is 0 Å². The lowest BCUT2D eigenvalue weighted by molar-refractivity contribution is -0.378. The van der Waals surface area contributed by atoms with Crippen LogP contribution < -0.4 is 15.0 Å². The Balaban J connectivity index is 1.75. The number of nitrogens with one attached hydrogen (secondary N) is 2. The molecule has 160 valence electrons. The van der Waals surface area contributed by atoms with E-state index in [0.717, 1.165) is 28.3 Å². The van der Waals surface area contributed by atoms with E-state index in [9.17, 15) is 9.59 Å². The predicted octanol–water partition coefficient (Wildman–Crippen LogP) is 3.43. The highest BCUT2D eigenvalue weighted by Crippen LogP contribution is 2.45. The fraction of sp³-hybridized carbons (Fsp3) is 0.320. The van der Waals surface area contributed by atoms with Crippen LogP contribution in [0.1, 0.15) is 49.7 Å². The van der Waals surface area contributed by atoms with Crippen molar-refractivity contribution in [1.29, 1.82) is 0 Å². The first-order valence-electron chi connectivity index (χ1n) is 10.5. The largest absolute Gasteiger partial charge is 0.497 e. The first-order valence-corrected chi connectivity index (χ1v) is 10.5. The number of rotatable bonds is 5. The number of benzene rings is 1. The van der Waals surface area contributed by atoms with Gasteiger partial charge in [0.25, 0.3) is 0 Å². The molecule has 4 rings (SSSR count). The first-order chi connectivity index (χ1) is 15.0. The van der Waals surface area contributed by atoms with Gasteiger partial charge in [0.15, 0.2) is 18.2 Å². The zero-order chi connectivity index (χ0) is 22.0. The van der Waals surface area contributed by atoms with Crippen molar-refractivity contribution in [2.45, 2.75) is 38.5 Å². The number of allylic oxidation sites excluding steroid dienone is 3. The van der Waals surface area contributed by atoms with E-state index in [2.05, 4.69) is 10.3 Å². The summed E-state index contributed by atoms with van der Waals surface area (Å²) in [6, 6.07) is 11.7. The molecule has 1 aromatic carbocycles. The van der Waals surface area contributed by atoms with Crippen molar-refractivity contribution < 1.29 is 24.0 Å². The van der Waals surface area contributed by atoms with Gasteiger partial charge in [0.1, 0.15) is 5.75 Å². The SMILES string of the molecule is CCOC(=O)C1=C(C)NC2=C(C(=O)CC(c3ccc(OC)cc3)C2)C1c1cc[nH+]cc1. The summed E-state index contributed by atoms with van der Waals surface area (Å²) >= 11 is 0. The maximum atomic E-state index is 13.4. The summed E-state index contributed by atoms with van der Waals surface area (Å²) in [7, 11) is 1.64. The van der Waals surface area contributed by atoms with Crippen molar-refractivity contribution in [1.82, 2.24) is 5.32 Å². The Kier molecular flexibility index (Phi) is 5.89. The second-order valence-corrected chi connectivity index (χ2v) is 7.84. The van der Waals surface area contributed by atoms with Gasteiger partial charge in [0.05, 0.1) is 19.3 Å². The van der Waals surface area contributed by atoms with Gasteiger partial charge in [-0.15, -0.1) is 0 Å². The Labute approximate surface area is 182 Å². The molecule has 2 aliphatic rings. The molecule has 2 heterocycles. The number of carbonyl (C=O) groups excluding carboxylic acids is 2. The normalized spacial score (nSPS) is 20.8. The summed E-state index contributed by atoms with van der Waals surface area (Å²) in [6.07, 6.45) is 4.72. The number of hydrogen-bond acceptors (Lipinski definition) is 5. The van der Waals surface area contributed by atoms with Crippen molar-refractivity contribution in [2.75, 3.05) is 13.7 Å². The van der Waals surface area contributed by atoms with Crippen LogP contribution in [0, 0.1) is 0 Å². The summed E-state index contributed by atoms with van der Waals surface area (Å²) in [5.74, 6) is 0.101. The Morgan fingerprint density at radius 3 is 2.45 bits per heavy atom. The van der Waals surface area contributed by atoms with Crippen molar-refractivity contribution in [3.05, 3.63) is 82.5 Å². The molecule has 6 heteroatoms. The molecular weight excluding hydrogens is 392 g/mol. The van der Waals surface area contributed by atoms with Crippen LogP contribution in [0.4, 0.5) is 0 Å². The highest BCUT2D eigenvalue weighted by molar-refractivity contribution is 6.04. The molecule has 1 aliphatic heterocycles. The van der Waals surface area contributed by atoms with E-state index in [-0.39, 0.29) is 24.3 Å². The molecule has 0 saturated carbocycles. The standard InChI is InChI=1S/C25H26N2O4/c1-4-31-25(29)22-15(2)27-20-13-18(16-5-7-19(30-3)8-6-16)14-21(28)24(20)23(22)17-9-11-26-12-10-17/h5-12,18,23,27H,4,13-14H2,1-3H3/p+1. The number of aromatic amines is 1. The van der Waals surface area contributed by atoms with Crippen LogP contribution in [0.5, 0.6) is 5.75 Å². The number of pyridine rings is 1. The van der Waals surface area contributed by atoms with E-state index in [1.165, 1.54) is 0 Å². The summed E-state index contributed by atoms with van der Waals surface area (Å²) in [5, 5.41) is 3.37. The van der Waals surface area contributed by atoms with Crippen LogP contribution in [-0.4, -0.2) is 25.5 Å². The molecule has 6 nitrogen and oxygen atoms in total. The van der Waals surface area contributed by atoms with Gasteiger partial charge in [-0.1, -0.05) is 12.1 Å². The number of ether oxygens (including phenoxy) is 2. The van der Waals surface area contributed by atoms with Crippen LogP contribution in [0.3, 0.4) is 0 Å². The Bertz CT molecular complexity index is 1050.